The molecule has 1 atom stereocenters. The van der Waals surface area contributed by atoms with Gasteiger partial charge in [-0.05, 0) is 6.07 Å². The van der Waals surface area contributed by atoms with Crippen molar-refractivity contribution >= 4 is 27.5 Å². The van der Waals surface area contributed by atoms with Gasteiger partial charge in [0.2, 0.25) is 0 Å². The van der Waals surface area contributed by atoms with E-state index in [0.29, 0.717) is 16.8 Å². The fourth-order valence-electron chi connectivity index (χ4n) is 0.953. The van der Waals surface area contributed by atoms with E-state index in [1.54, 1.807) is 18.2 Å². The van der Waals surface area contributed by atoms with Crippen molar-refractivity contribution in [1.82, 2.24) is 0 Å². The second kappa shape index (κ2) is 6.38. The average molecular weight is 282 g/mol. The molecule has 4 heteroatoms. The van der Waals surface area contributed by atoms with Crippen LogP contribution in [-0.4, -0.2) is 17.3 Å². The van der Waals surface area contributed by atoms with E-state index in [1.165, 1.54) is 6.07 Å². The van der Waals surface area contributed by atoms with Crippen molar-refractivity contribution in [3.63, 3.8) is 0 Å². The Bertz CT molecular complexity index is 279. The lowest BCUT2D eigenvalue weighted by Crippen LogP contribution is -2.16. The summed E-state index contributed by atoms with van der Waals surface area (Å²) in [6.07, 6.45) is -0.0729. The Morgan fingerprint density at radius 1 is 1.43 bits per heavy atom. The van der Waals surface area contributed by atoms with Crippen LogP contribution in [0.15, 0.2) is 24.3 Å². The second-order valence-electron chi connectivity index (χ2n) is 2.83. The maximum Gasteiger partial charge on any atom is 0.128 e. The largest absolute Gasteiger partial charge is 0.371 e. The molecule has 78 valence electrons. The number of hydrogen-bond acceptors (Lipinski definition) is 1. The molecule has 1 aromatic rings. The van der Waals surface area contributed by atoms with Gasteiger partial charge in [-0.1, -0.05) is 34.1 Å². The molecule has 0 aromatic heterocycles. The molecule has 0 aliphatic rings. The molecule has 0 heterocycles. The number of ether oxygens (including phenoxy) is 1. The highest BCUT2D eigenvalue weighted by molar-refractivity contribution is 9.09. The number of benzene rings is 1. The van der Waals surface area contributed by atoms with Crippen LogP contribution in [-0.2, 0) is 11.3 Å². The highest BCUT2D eigenvalue weighted by Gasteiger charge is 2.07. The van der Waals surface area contributed by atoms with Crippen molar-refractivity contribution < 1.29 is 9.13 Å². The average Bonchev–Trinajstić information content (AvgIpc) is 2.22. The van der Waals surface area contributed by atoms with Gasteiger partial charge in [0.05, 0.1) is 12.7 Å². The third kappa shape index (κ3) is 3.56. The summed E-state index contributed by atoms with van der Waals surface area (Å²) in [7, 11) is 0. The van der Waals surface area contributed by atoms with Crippen molar-refractivity contribution in [3.8, 4) is 0 Å². The van der Waals surface area contributed by atoms with Crippen LogP contribution >= 0.6 is 27.5 Å². The highest BCUT2D eigenvalue weighted by Crippen LogP contribution is 2.10. The van der Waals surface area contributed by atoms with Crippen molar-refractivity contribution in [2.45, 2.75) is 12.7 Å². The maximum absolute atomic E-state index is 13.1. The molecule has 1 aromatic carbocycles. The lowest BCUT2D eigenvalue weighted by molar-refractivity contribution is 0.0699. The smallest absolute Gasteiger partial charge is 0.128 e. The first-order valence-corrected chi connectivity index (χ1v) is 5.90. The quantitative estimate of drug-likeness (QED) is 0.752. The third-order valence-corrected chi connectivity index (χ3v) is 2.84. The molecule has 0 saturated heterocycles. The summed E-state index contributed by atoms with van der Waals surface area (Å²) in [5, 5.41) is 0.658. The van der Waals surface area contributed by atoms with Gasteiger partial charge >= 0.3 is 0 Å². The van der Waals surface area contributed by atoms with Gasteiger partial charge in [-0.2, -0.15) is 0 Å². The van der Waals surface area contributed by atoms with E-state index in [-0.39, 0.29) is 18.5 Å². The molecule has 1 nitrogen and oxygen atoms in total. The maximum atomic E-state index is 13.1. The van der Waals surface area contributed by atoms with E-state index in [4.69, 9.17) is 16.3 Å². The molecule has 0 bridgehead atoms. The van der Waals surface area contributed by atoms with Gasteiger partial charge in [0, 0.05) is 16.8 Å². The molecule has 14 heavy (non-hydrogen) atoms. The lowest BCUT2D eigenvalue weighted by atomic mass is 10.2. The van der Waals surface area contributed by atoms with Crippen LogP contribution in [0.4, 0.5) is 4.39 Å². The summed E-state index contributed by atoms with van der Waals surface area (Å²) < 4.78 is 18.5. The van der Waals surface area contributed by atoms with Crippen LogP contribution in [0.2, 0.25) is 0 Å². The molecule has 0 radical (unpaired) electrons. The number of hydrogen-bond donors (Lipinski definition) is 0. The minimum absolute atomic E-state index is 0.0729. The van der Waals surface area contributed by atoms with Crippen LogP contribution in [0.25, 0.3) is 0 Å². The Labute approximate surface area is 96.3 Å². The summed E-state index contributed by atoms with van der Waals surface area (Å²) >= 11 is 8.89. The van der Waals surface area contributed by atoms with Gasteiger partial charge in [0.1, 0.15) is 5.82 Å². The Morgan fingerprint density at radius 2 is 2.14 bits per heavy atom. The number of halogens is 3. The molecule has 0 aliphatic carbocycles. The van der Waals surface area contributed by atoms with Crippen LogP contribution < -0.4 is 0 Å². The van der Waals surface area contributed by atoms with E-state index in [2.05, 4.69) is 15.9 Å². The summed E-state index contributed by atoms with van der Waals surface area (Å²) in [6.45, 7) is 0.260. The van der Waals surface area contributed by atoms with E-state index >= 15 is 0 Å². The van der Waals surface area contributed by atoms with Gasteiger partial charge < -0.3 is 4.74 Å². The van der Waals surface area contributed by atoms with Crippen molar-refractivity contribution in [1.29, 1.82) is 0 Å². The molecule has 0 spiro atoms. The zero-order valence-electron chi connectivity index (χ0n) is 7.55. The molecule has 0 saturated carbocycles. The molecule has 0 amide bonds. The fourth-order valence-corrected chi connectivity index (χ4v) is 1.83. The third-order valence-electron chi connectivity index (χ3n) is 1.78. The molecule has 0 aliphatic heterocycles. The lowest BCUT2D eigenvalue weighted by Gasteiger charge is -2.12. The molecule has 1 unspecified atom stereocenters. The normalized spacial score (nSPS) is 12.8. The van der Waals surface area contributed by atoms with E-state index < -0.39 is 0 Å². The summed E-state index contributed by atoms with van der Waals surface area (Å²) in [5.41, 5.74) is 0.559. The SMILES string of the molecule is Fc1ccccc1COC(CCl)CBr. The van der Waals surface area contributed by atoms with Crippen molar-refractivity contribution in [3.05, 3.63) is 35.6 Å². The first kappa shape index (κ1) is 12.0. The number of alkyl halides is 2. The standard InChI is InChI=1S/C10H11BrClFO/c11-5-9(6-12)14-7-8-3-1-2-4-10(8)13/h1-4,9H,5-7H2. The predicted molar refractivity (Wildman–Crippen MR) is 59.5 cm³/mol. The Balaban J connectivity index is 2.49. The Morgan fingerprint density at radius 3 is 2.71 bits per heavy atom. The van der Waals surface area contributed by atoms with E-state index in [0.717, 1.165) is 0 Å². The van der Waals surface area contributed by atoms with E-state index in [9.17, 15) is 4.39 Å². The molecule has 0 fully saturated rings. The summed E-state index contributed by atoms with van der Waals surface area (Å²) in [6, 6.07) is 6.56. The summed E-state index contributed by atoms with van der Waals surface area (Å²) in [5.74, 6) is 0.162. The van der Waals surface area contributed by atoms with Gasteiger partial charge in [-0.3, -0.25) is 0 Å². The van der Waals surface area contributed by atoms with Crippen molar-refractivity contribution in [2.24, 2.45) is 0 Å². The second-order valence-corrected chi connectivity index (χ2v) is 3.79. The molecular formula is C10H11BrClFO. The fraction of sp³-hybridized carbons (Fsp3) is 0.400. The topological polar surface area (TPSA) is 9.23 Å². The predicted octanol–water partition coefficient (Wildman–Crippen LogP) is 3.34. The zero-order valence-corrected chi connectivity index (χ0v) is 9.89. The highest BCUT2D eigenvalue weighted by atomic mass is 79.9. The Kier molecular flexibility index (Phi) is 5.45. The van der Waals surface area contributed by atoms with Gasteiger partial charge in [0.15, 0.2) is 0 Å². The first-order chi connectivity index (χ1) is 6.77. The monoisotopic (exact) mass is 280 g/mol. The first-order valence-electron chi connectivity index (χ1n) is 4.25. The van der Waals surface area contributed by atoms with Crippen LogP contribution in [0.3, 0.4) is 0 Å². The van der Waals surface area contributed by atoms with Gasteiger partial charge in [-0.25, -0.2) is 4.39 Å². The van der Waals surface area contributed by atoms with E-state index in [1.807, 2.05) is 0 Å². The van der Waals surface area contributed by atoms with Crippen LogP contribution in [0.1, 0.15) is 5.56 Å². The summed E-state index contributed by atoms with van der Waals surface area (Å²) in [4.78, 5) is 0. The Hall–Kier alpha value is -0.120. The van der Waals surface area contributed by atoms with Crippen LogP contribution in [0.5, 0.6) is 0 Å². The van der Waals surface area contributed by atoms with Crippen molar-refractivity contribution in [2.75, 3.05) is 11.2 Å². The minimum Gasteiger partial charge on any atom is -0.371 e. The molecule has 0 N–H and O–H groups in total. The van der Waals surface area contributed by atoms with Crippen LogP contribution in [0, 0.1) is 5.82 Å². The minimum atomic E-state index is -0.240. The van der Waals surface area contributed by atoms with Gasteiger partial charge in [-0.15, -0.1) is 11.6 Å². The van der Waals surface area contributed by atoms with Gasteiger partial charge in [0.25, 0.3) is 0 Å². The molecular weight excluding hydrogens is 270 g/mol. The number of rotatable bonds is 5. The molecule has 1 rings (SSSR count). The zero-order chi connectivity index (χ0) is 10.4.